The summed E-state index contributed by atoms with van der Waals surface area (Å²) in [6, 6.07) is 11.1. The summed E-state index contributed by atoms with van der Waals surface area (Å²) in [5.41, 5.74) is 7.96. The van der Waals surface area contributed by atoms with Crippen molar-refractivity contribution in [1.29, 1.82) is 0 Å². The molecule has 2 nitrogen and oxygen atoms in total. The van der Waals surface area contributed by atoms with Gasteiger partial charge in [0.1, 0.15) is 6.61 Å². The average Bonchev–Trinajstić information content (AvgIpc) is 2.40. The zero-order valence-electron chi connectivity index (χ0n) is 10.6. The summed E-state index contributed by atoms with van der Waals surface area (Å²) in [6.45, 7) is 2.03. The molecule has 0 aliphatic heterocycles. The smallest absolute Gasteiger partial charge is 0.200 e. The van der Waals surface area contributed by atoms with Gasteiger partial charge in [0.25, 0.3) is 0 Å². The Morgan fingerprint density at radius 1 is 1.11 bits per heavy atom. The van der Waals surface area contributed by atoms with Crippen LogP contribution in [0.3, 0.4) is 0 Å². The number of benzene rings is 2. The van der Waals surface area contributed by atoms with E-state index in [9.17, 15) is 8.78 Å². The average molecular weight is 263 g/mol. The van der Waals surface area contributed by atoms with Crippen LogP contribution in [0.2, 0.25) is 0 Å². The predicted molar refractivity (Wildman–Crippen MR) is 70.0 cm³/mol. The summed E-state index contributed by atoms with van der Waals surface area (Å²) in [5, 5.41) is 0. The van der Waals surface area contributed by atoms with Crippen molar-refractivity contribution in [2.75, 3.05) is 6.61 Å². The minimum atomic E-state index is -0.987. The number of nitrogens with two attached hydrogens (primary N) is 1. The zero-order chi connectivity index (χ0) is 13.8. The Kier molecular flexibility index (Phi) is 4.12. The molecule has 0 heterocycles. The highest BCUT2D eigenvalue weighted by Crippen LogP contribution is 2.21. The lowest BCUT2D eigenvalue weighted by atomic mass is 10.0. The van der Waals surface area contributed by atoms with E-state index in [4.69, 9.17) is 10.5 Å². The standard InChI is InChI=1S/C15H15F2NO/c1-10-5-2-3-6-11(10)13(18)9-19-14-8-4-7-12(16)15(14)17/h2-8,13H,9,18H2,1H3. The van der Waals surface area contributed by atoms with Gasteiger partial charge < -0.3 is 10.5 Å². The molecule has 2 aromatic rings. The summed E-state index contributed by atoms with van der Waals surface area (Å²) in [7, 11) is 0. The van der Waals surface area contributed by atoms with E-state index in [1.807, 2.05) is 31.2 Å². The van der Waals surface area contributed by atoms with Crippen LogP contribution in [0, 0.1) is 18.6 Å². The molecule has 2 aromatic carbocycles. The van der Waals surface area contributed by atoms with Crippen LogP contribution in [0.15, 0.2) is 42.5 Å². The topological polar surface area (TPSA) is 35.2 Å². The van der Waals surface area contributed by atoms with E-state index in [0.717, 1.165) is 17.2 Å². The van der Waals surface area contributed by atoms with Crippen molar-refractivity contribution < 1.29 is 13.5 Å². The quantitative estimate of drug-likeness (QED) is 0.918. The van der Waals surface area contributed by atoms with Crippen LogP contribution >= 0.6 is 0 Å². The van der Waals surface area contributed by atoms with Gasteiger partial charge in [0, 0.05) is 0 Å². The lowest BCUT2D eigenvalue weighted by molar-refractivity contribution is 0.272. The molecule has 1 unspecified atom stereocenters. The maximum atomic E-state index is 13.4. The Morgan fingerprint density at radius 3 is 2.58 bits per heavy atom. The van der Waals surface area contributed by atoms with Gasteiger partial charge in [0.2, 0.25) is 5.82 Å². The van der Waals surface area contributed by atoms with Crippen molar-refractivity contribution in [3.63, 3.8) is 0 Å². The fraction of sp³-hybridized carbons (Fsp3) is 0.200. The molecule has 100 valence electrons. The lowest BCUT2D eigenvalue weighted by Gasteiger charge is -2.16. The molecule has 0 aliphatic carbocycles. The van der Waals surface area contributed by atoms with Crippen LogP contribution in [-0.2, 0) is 0 Å². The molecular formula is C15H15F2NO. The van der Waals surface area contributed by atoms with Gasteiger partial charge in [0.05, 0.1) is 6.04 Å². The Labute approximate surface area is 110 Å². The van der Waals surface area contributed by atoms with Crippen molar-refractivity contribution in [3.8, 4) is 5.75 Å². The van der Waals surface area contributed by atoms with Crippen molar-refractivity contribution >= 4 is 0 Å². The maximum Gasteiger partial charge on any atom is 0.200 e. The molecule has 19 heavy (non-hydrogen) atoms. The highest BCUT2D eigenvalue weighted by atomic mass is 19.2. The van der Waals surface area contributed by atoms with Crippen molar-refractivity contribution in [1.82, 2.24) is 0 Å². The number of hydrogen-bond donors (Lipinski definition) is 1. The second-order valence-corrected chi connectivity index (χ2v) is 4.33. The summed E-state index contributed by atoms with van der Waals surface area (Å²) >= 11 is 0. The number of halogens is 2. The van der Waals surface area contributed by atoms with E-state index in [2.05, 4.69) is 0 Å². The minimum Gasteiger partial charge on any atom is -0.488 e. The summed E-state index contributed by atoms with van der Waals surface area (Å²) < 4.78 is 31.6. The number of rotatable bonds is 4. The van der Waals surface area contributed by atoms with Gasteiger partial charge in [-0.1, -0.05) is 30.3 Å². The second kappa shape index (κ2) is 5.80. The summed E-state index contributed by atoms with van der Waals surface area (Å²) in [4.78, 5) is 0. The van der Waals surface area contributed by atoms with Crippen molar-refractivity contribution in [3.05, 3.63) is 65.2 Å². The second-order valence-electron chi connectivity index (χ2n) is 4.33. The van der Waals surface area contributed by atoms with Gasteiger partial charge in [-0.05, 0) is 30.2 Å². The zero-order valence-corrected chi connectivity index (χ0v) is 10.6. The van der Waals surface area contributed by atoms with E-state index < -0.39 is 11.6 Å². The highest BCUT2D eigenvalue weighted by Gasteiger charge is 2.12. The van der Waals surface area contributed by atoms with Gasteiger partial charge in [0.15, 0.2) is 11.6 Å². The Hall–Kier alpha value is -1.94. The molecule has 0 spiro atoms. The summed E-state index contributed by atoms with van der Waals surface area (Å²) in [6.07, 6.45) is 0. The molecule has 2 rings (SSSR count). The Bertz CT molecular complexity index is 572. The van der Waals surface area contributed by atoms with Gasteiger partial charge >= 0.3 is 0 Å². The Balaban J connectivity index is 2.07. The third-order valence-electron chi connectivity index (χ3n) is 2.92. The van der Waals surface area contributed by atoms with Gasteiger partial charge in [-0.25, -0.2) is 4.39 Å². The molecular weight excluding hydrogens is 248 g/mol. The molecule has 0 saturated heterocycles. The van der Waals surface area contributed by atoms with E-state index in [-0.39, 0.29) is 18.4 Å². The largest absolute Gasteiger partial charge is 0.488 e. The molecule has 0 aliphatic rings. The van der Waals surface area contributed by atoms with Crippen molar-refractivity contribution in [2.24, 2.45) is 5.73 Å². The van der Waals surface area contributed by atoms with E-state index in [1.165, 1.54) is 12.1 Å². The molecule has 0 radical (unpaired) electrons. The van der Waals surface area contributed by atoms with E-state index in [1.54, 1.807) is 0 Å². The predicted octanol–water partition coefficient (Wildman–Crippen LogP) is 3.35. The fourth-order valence-electron chi connectivity index (χ4n) is 1.87. The number of aryl methyl sites for hydroxylation is 1. The highest BCUT2D eigenvalue weighted by molar-refractivity contribution is 5.29. The molecule has 4 heteroatoms. The van der Waals surface area contributed by atoms with E-state index in [0.29, 0.717) is 0 Å². The van der Waals surface area contributed by atoms with Crippen LogP contribution in [0.1, 0.15) is 17.2 Å². The monoisotopic (exact) mass is 263 g/mol. The first-order valence-electron chi connectivity index (χ1n) is 5.97. The summed E-state index contributed by atoms with van der Waals surface area (Å²) in [5.74, 6) is -2.04. The molecule has 0 aromatic heterocycles. The van der Waals surface area contributed by atoms with Gasteiger partial charge in [-0.2, -0.15) is 4.39 Å². The van der Waals surface area contributed by atoms with Gasteiger partial charge in [-0.3, -0.25) is 0 Å². The van der Waals surface area contributed by atoms with Crippen LogP contribution in [0.25, 0.3) is 0 Å². The molecule has 0 fully saturated rings. The van der Waals surface area contributed by atoms with Gasteiger partial charge in [-0.15, -0.1) is 0 Å². The number of ether oxygens (including phenoxy) is 1. The molecule has 0 saturated carbocycles. The lowest BCUT2D eigenvalue weighted by Crippen LogP contribution is -2.20. The van der Waals surface area contributed by atoms with Crippen LogP contribution in [0.4, 0.5) is 8.78 Å². The van der Waals surface area contributed by atoms with E-state index >= 15 is 0 Å². The van der Waals surface area contributed by atoms with Crippen LogP contribution in [0.5, 0.6) is 5.75 Å². The third-order valence-corrected chi connectivity index (χ3v) is 2.92. The first-order valence-corrected chi connectivity index (χ1v) is 5.97. The molecule has 2 N–H and O–H groups in total. The minimum absolute atomic E-state index is 0.0885. The normalized spacial score (nSPS) is 12.2. The molecule has 0 amide bonds. The number of hydrogen-bond acceptors (Lipinski definition) is 2. The fourth-order valence-corrected chi connectivity index (χ4v) is 1.87. The van der Waals surface area contributed by atoms with Crippen LogP contribution in [-0.4, -0.2) is 6.61 Å². The van der Waals surface area contributed by atoms with Crippen molar-refractivity contribution in [2.45, 2.75) is 13.0 Å². The molecule has 0 bridgehead atoms. The Morgan fingerprint density at radius 2 is 1.84 bits per heavy atom. The first kappa shape index (κ1) is 13.5. The third kappa shape index (κ3) is 3.09. The van der Waals surface area contributed by atoms with Crippen LogP contribution < -0.4 is 10.5 Å². The SMILES string of the molecule is Cc1ccccc1C(N)COc1cccc(F)c1F. The molecule has 1 atom stereocenters. The maximum absolute atomic E-state index is 13.4. The first-order chi connectivity index (χ1) is 9.09.